The molecule has 0 unspecified atom stereocenters. The maximum Gasteiger partial charge on any atom is 0.177 e. The van der Waals surface area contributed by atoms with Crippen molar-refractivity contribution in [3.8, 4) is 0 Å². The van der Waals surface area contributed by atoms with Crippen molar-refractivity contribution in [3.63, 3.8) is 0 Å². The standard InChI is InChI=1S/C10H14N4S/c1-8-6-14(10(15)12-8)4-3-9-5-11-13(2)7-9/h5-7H,3-4H2,1-2H3,(H,12,15). The van der Waals surface area contributed by atoms with Crippen molar-refractivity contribution in [2.75, 3.05) is 0 Å². The van der Waals surface area contributed by atoms with E-state index in [1.165, 1.54) is 5.56 Å². The number of rotatable bonds is 3. The zero-order valence-corrected chi connectivity index (χ0v) is 9.71. The molecule has 0 amide bonds. The smallest absolute Gasteiger partial charge is 0.177 e. The molecule has 0 spiro atoms. The van der Waals surface area contributed by atoms with E-state index in [1.54, 1.807) is 0 Å². The van der Waals surface area contributed by atoms with Crippen LogP contribution in [0.5, 0.6) is 0 Å². The minimum absolute atomic E-state index is 0.788. The molecule has 1 N–H and O–H groups in total. The second-order valence-electron chi connectivity index (χ2n) is 3.71. The summed E-state index contributed by atoms with van der Waals surface area (Å²) in [6.45, 7) is 2.91. The van der Waals surface area contributed by atoms with Crippen LogP contribution < -0.4 is 0 Å². The Bertz CT molecular complexity index is 505. The highest BCUT2D eigenvalue weighted by atomic mass is 32.1. The van der Waals surface area contributed by atoms with Gasteiger partial charge < -0.3 is 9.55 Å². The Morgan fingerprint density at radius 1 is 1.47 bits per heavy atom. The van der Waals surface area contributed by atoms with Crippen molar-refractivity contribution in [3.05, 3.63) is 34.6 Å². The van der Waals surface area contributed by atoms with Gasteiger partial charge in [-0.1, -0.05) is 0 Å². The van der Waals surface area contributed by atoms with Crippen LogP contribution in [0.15, 0.2) is 18.6 Å². The molecule has 0 aliphatic rings. The first-order valence-corrected chi connectivity index (χ1v) is 5.29. The molecule has 15 heavy (non-hydrogen) atoms. The average Bonchev–Trinajstić information content (AvgIpc) is 2.70. The summed E-state index contributed by atoms with van der Waals surface area (Å²) < 4.78 is 4.66. The van der Waals surface area contributed by atoms with Crippen LogP contribution in [-0.2, 0) is 20.0 Å². The summed E-state index contributed by atoms with van der Waals surface area (Å²) in [4.78, 5) is 3.11. The number of H-pyrrole nitrogens is 1. The van der Waals surface area contributed by atoms with E-state index in [2.05, 4.69) is 14.6 Å². The van der Waals surface area contributed by atoms with Crippen LogP contribution in [-0.4, -0.2) is 19.3 Å². The first kappa shape index (κ1) is 10.2. The molecule has 0 saturated carbocycles. The molecule has 0 aliphatic carbocycles. The van der Waals surface area contributed by atoms with Crippen LogP contribution in [0.2, 0.25) is 0 Å². The second-order valence-corrected chi connectivity index (χ2v) is 4.09. The second kappa shape index (κ2) is 4.02. The number of hydrogen-bond donors (Lipinski definition) is 1. The number of hydrogen-bond acceptors (Lipinski definition) is 2. The van der Waals surface area contributed by atoms with Crippen molar-refractivity contribution in [2.24, 2.45) is 7.05 Å². The van der Waals surface area contributed by atoms with Crippen LogP contribution in [0.3, 0.4) is 0 Å². The van der Waals surface area contributed by atoms with Crippen molar-refractivity contribution in [2.45, 2.75) is 19.9 Å². The summed E-state index contributed by atoms with van der Waals surface area (Å²) in [5.41, 5.74) is 2.34. The third-order valence-corrected chi connectivity index (χ3v) is 2.65. The van der Waals surface area contributed by atoms with Gasteiger partial charge in [-0.25, -0.2) is 0 Å². The number of nitrogens with zero attached hydrogens (tertiary/aromatic N) is 3. The maximum atomic E-state index is 5.18. The molecular weight excluding hydrogens is 208 g/mol. The van der Waals surface area contributed by atoms with Gasteiger partial charge in [0.25, 0.3) is 0 Å². The normalized spacial score (nSPS) is 10.8. The highest BCUT2D eigenvalue weighted by Crippen LogP contribution is 2.02. The van der Waals surface area contributed by atoms with Gasteiger partial charge in [0.2, 0.25) is 0 Å². The molecule has 0 atom stereocenters. The zero-order valence-electron chi connectivity index (χ0n) is 8.90. The lowest BCUT2D eigenvalue weighted by molar-refractivity contribution is 0.685. The molecule has 2 rings (SSSR count). The van der Waals surface area contributed by atoms with E-state index in [1.807, 2.05) is 37.2 Å². The predicted octanol–water partition coefficient (Wildman–Crippen LogP) is 1.83. The number of nitrogens with one attached hydrogen (secondary N) is 1. The summed E-state index contributed by atoms with van der Waals surface area (Å²) in [5, 5.41) is 4.13. The summed E-state index contributed by atoms with van der Waals surface area (Å²) in [5.74, 6) is 0. The highest BCUT2D eigenvalue weighted by Gasteiger charge is 1.99. The van der Waals surface area contributed by atoms with Gasteiger partial charge in [-0.3, -0.25) is 4.68 Å². The SMILES string of the molecule is Cc1cn(CCc2cnn(C)c2)c(=S)[nH]1. The fourth-order valence-electron chi connectivity index (χ4n) is 1.58. The highest BCUT2D eigenvalue weighted by molar-refractivity contribution is 7.71. The van der Waals surface area contributed by atoms with Gasteiger partial charge in [0.1, 0.15) is 0 Å². The Morgan fingerprint density at radius 3 is 2.80 bits per heavy atom. The van der Waals surface area contributed by atoms with Crippen LogP contribution in [0.25, 0.3) is 0 Å². The monoisotopic (exact) mass is 222 g/mol. The minimum atomic E-state index is 0.788. The molecule has 2 aromatic rings. The Balaban J connectivity index is 2.05. The Morgan fingerprint density at radius 2 is 2.27 bits per heavy atom. The lowest BCUT2D eigenvalue weighted by atomic mass is 10.2. The van der Waals surface area contributed by atoms with E-state index in [-0.39, 0.29) is 0 Å². The van der Waals surface area contributed by atoms with Crippen LogP contribution in [0.1, 0.15) is 11.3 Å². The first-order valence-electron chi connectivity index (χ1n) is 4.89. The fraction of sp³-hybridized carbons (Fsp3) is 0.400. The molecule has 4 nitrogen and oxygen atoms in total. The van der Waals surface area contributed by atoms with Gasteiger partial charge in [-0.2, -0.15) is 5.10 Å². The third-order valence-electron chi connectivity index (χ3n) is 2.31. The molecule has 0 aromatic carbocycles. The molecular formula is C10H14N4S. The fourth-order valence-corrected chi connectivity index (χ4v) is 1.89. The average molecular weight is 222 g/mol. The molecule has 80 valence electrons. The number of aryl methyl sites for hydroxylation is 4. The Hall–Kier alpha value is -1.36. The van der Waals surface area contributed by atoms with E-state index in [0.29, 0.717) is 0 Å². The minimum Gasteiger partial charge on any atom is -0.335 e. The van der Waals surface area contributed by atoms with Gasteiger partial charge >= 0.3 is 0 Å². The molecule has 0 bridgehead atoms. The lowest BCUT2D eigenvalue weighted by Gasteiger charge is -1.99. The Labute approximate surface area is 93.6 Å². The third kappa shape index (κ3) is 2.36. The van der Waals surface area contributed by atoms with E-state index >= 15 is 0 Å². The number of aromatic nitrogens is 4. The summed E-state index contributed by atoms with van der Waals surface area (Å²) in [6, 6.07) is 0. The van der Waals surface area contributed by atoms with Crippen molar-refractivity contribution in [1.29, 1.82) is 0 Å². The molecule has 0 saturated heterocycles. The quantitative estimate of drug-likeness (QED) is 0.805. The van der Waals surface area contributed by atoms with E-state index in [0.717, 1.165) is 23.4 Å². The topological polar surface area (TPSA) is 38.5 Å². The summed E-state index contributed by atoms with van der Waals surface area (Å²) in [7, 11) is 1.93. The summed E-state index contributed by atoms with van der Waals surface area (Å²) in [6.07, 6.45) is 6.92. The Kier molecular flexibility index (Phi) is 2.73. The maximum absolute atomic E-state index is 5.18. The van der Waals surface area contributed by atoms with Gasteiger partial charge in [0.05, 0.1) is 6.20 Å². The zero-order chi connectivity index (χ0) is 10.8. The summed E-state index contributed by atoms with van der Waals surface area (Å²) >= 11 is 5.18. The predicted molar refractivity (Wildman–Crippen MR) is 61.3 cm³/mol. The van der Waals surface area contributed by atoms with Gasteiger partial charge in [-0.05, 0) is 31.1 Å². The van der Waals surface area contributed by atoms with Crippen molar-refractivity contribution in [1.82, 2.24) is 19.3 Å². The van der Waals surface area contributed by atoms with E-state index in [9.17, 15) is 0 Å². The molecule has 0 fully saturated rings. The lowest BCUT2D eigenvalue weighted by Crippen LogP contribution is -1.99. The van der Waals surface area contributed by atoms with Gasteiger partial charge in [0, 0.05) is 31.7 Å². The number of imidazole rings is 1. The van der Waals surface area contributed by atoms with Crippen molar-refractivity contribution >= 4 is 12.2 Å². The van der Waals surface area contributed by atoms with Crippen molar-refractivity contribution < 1.29 is 0 Å². The van der Waals surface area contributed by atoms with Crippen LogP contribution in [0, 0.1) is 11.7 Å². The molecule has 0 radical (unpaired) electrons. The molecule has 0 aliphatic heterocycles. The van der Waals surface area contributed by atoms with E-state index in [4.69, 9.17) is 12.2 Å². The van der Waals surface area contributed by atoms with E-state index < -0.39 is 0 Å². The van der Waals surface area contributed by atoms with Crippen LogP contribution >= 0.6 is 12.2 Å². The van der Waals surface area contributed by atoms with Gasteiger partial charge in [0.15, 0.2) is 4.77 Å². The largest absolute Gasteiger partial charge is 0.335 e. The first-order chi connectivity index (χ1) is 7.15. The van der Waals surface area contributed by atoms with Crippen LogP contribution in [0.4, 0.5) is 0 Å². The van der Waals surface area contributed by atoms with Gasteiger partial charge in [-0.15, -0.1) is 0 Å². The molecule has 2 aromatic heterocycles. The molecule has 5 heteroatoms. The molecule has 2 heterocycles. The number of aromatic amines is 1.